The summed E-state index contributed by atoms with van der Waals surface area (Å²) >= 11 is 7.62. The zero-order valence-electron chi connectivity index (χ0n) is 6.46. The molecule has 64 valence electrons. The van der Waals surface area contributed by atoms with Crippen molar-refractivity contribution in [3.05, 3.63) is 17.2 Å². The van der Waals surface area contributed by atoms with Crippen LogP contribution in [0.5, 0.6) is 11.5 Å². The molecule has 0 saturated carbocycles. The maximum Gasteiger partial charge on any atom is 0.231 e. The van der Waals surface area contributed by atoms with Gasteiger partial charge in [0.2, 0.25) is 6.79 Å². The van der Waals surface area contributed by atoms with Gasteiger partial charge in [0.15, 0.2) is 11.5 Å². The minimum absolute atomic E-state index is 0.271. The van der Waals surface area contributed by atoms with Gasteiger partial charge in [0.1, 0.15) is 5.02 Å². The zero-order valence-corrected chi connectivity index (χ0v) is 8.04. The molecule has 0 atom stereocenters. The third kappa shape index (κ3) is 1.13. The average Bonchev–Trinajstić information content (AvgIpc) is 2.53. The zero-order chi connectivity index (χ0) is 8.55. The molecule has 0 fully saturated rings. The van der Waals surface area contributed by atoms with E-state index in [1.165, 1.54) is 0 Å². The lowest BCUT2D eigenvalue weighted by molar-refractivity contribution is 0.174. The first-order valence-electron chi connectivity index (χ1n) is 3.45. The molecule has 0 aromatic heterocycles. The van der Waals surface area contributed by atoms with Gasteiger partial charge in [-0.3, -0.25) is 0 Å². The normalized spacial score (nSPS) is 13.5. The maximum atomic E-state index is 6.03. The Hall–Kier alpha value is -0.540. The predicted molar refractivity (Wildman–Crippen MR) is 49.4 cm³/mol. The molecule has 1 aliphatic rings. The number of hydrogen-bond donors (Lipinski definition) is 0. The van der Waals surface area contributed by atoms with Gasteiger partial charge in [0.25, 0.3) is 0 Å². The summed E-state index contributed by atoms with van der Waals surface area (Å²) in [7, 11) is 0. The van der Waals surface area contributed by atoms with Gasteiger partial charge < -0.3 is 9.47 Å². The van der Waals surface area contributed by atoms with Crippen LogP contribution in [0.2, 0.25) is 5.02 Å². The molecular formula is C8H7ClO2S. The van der Waals surface area contributed by atoms with Gasteiger partial charge in [0.05, 0.1) is 0 Å². The van der Waals surface area contributed by atoms with E-state index in [0.717, 1.165) is 10.6 Å². The highest BCUT2D eigenvalue weighted by Gasteiger charge is 2.18. The van der Waals surface area contributed by atoms with Gasteiger partial charge in [-0.15, -0.1) is 11.8 Å². The van der Waals surface area contributed by atoms with Crippen LogP contribution < -0.4 is 9.47 Å². The number of hydrogen-bond acceptors (Lipinski definition) is 3. The van der Waals surface area contributed by atoms with Gasteiger partial charge in [-0.2, -0.15) is 0 Å². The summed E-state index contributed by atoms with van der Waals surface area (Å²) in [4.78, 5) is 1.01. The third-order valence-electron chi connectivity index (χ3n) is 1.66. The van der Waals surface area contributed by atoms with Crippen LogP contribution in [0.25, 0.3) is 0 Å². The van der Waals surface area contributed by atoms with Crippen LogP contribution in [-0.2, 0) is 0 Å². The van der Waals surface area contributed by atoms with Gasteiger partial charge in [-0.25, -0.2) is 0 Å². The molecule has 4 heteroatoms. The third-order valence-corrected chi connectivity index (χ3v) is 2.93. The highest BCUT2D eigenvalue weighted by molar-refractivity contribution is 7.98. The lowest BCUT2D eigenvalue weighted by Gasteiger charge is -2.02. The average molecular weight is 203 g/mol. The molecule has 0 amide bonds. The Bertz CT molecular complexity index is 314. The first kappa shape index (κ1) is 8.08. The quantitative estimate of drug-likeness (QED) is 0.653. The van der Waals surface area contributed by atoms with E-state index >= 15 is 0 Å². The van der Waals surface area contributed by atoms with Crippen LogP contribution in [0.3, 0.4) is 0 Å². The number of rotatable bonds is 1. The topological polar surface area (TPSA) is 18.5 Å². The number of ether oxygens (including phenoxy) is 2. The molecule has 0 radical (unpaired) electrons. The van der Waals surface area contributed by atoms with E-state index in [0.29, 0.717) is 10.8 Å². The number of fused-ring (bicyclic) bond motifs is 1. The summed E-state index contributed by atoms with van der Waals surface area (Å²) in [6.45, 7) is 0.271. The van der Waals surface area contributed by atoms with Crippen LogP contribution in [0.4, 0.5) is 0 Å². The van der Waals surface area contributed by atoms with Gasteiger partial charge in [0, 0.05) is 4.90 Å². The standard InChI is InChI=1S/C8H7ClO2S/c1-12-6-3-2-5-8(7(6)9)11-4-10-5/h2-3H,4H2,1H3. The van der Waals surface area contributed by atoms with Crippen molar-refractivity contribution >= 4 is 23.4 Å². The Kier molecular flexibility index (Phi) is 2.07. The second-order valence-electron chi connectivity index (χ2n) is 2.32. The molecule has 0 bridgehead atoms. The summed E-state index contributed by atoms with van der Waals surface area (Å²) in [5, 5.41) is 0.650. The first-order valence-corrected chi connectivity index (χ1v) is 5.05. The van der Waals surface area contributed by atoms with Crippen molar-refractivity contribution in [2.45, 2.75) is 4.90 Å². The fourth-order valence-corrected chi connectivity index (χ4v) is 2.00. The van der Waals surface area contributed by atoms with Crippen molar-refractivity contribution < 1.29 is 9.47 Å². The van der Waals surface area contributed by atoms with Gasteiger partial charge in [-0.05, 0) is 18.4 Å². The first-order chi connectivity index (χ1) is 5.83. The Balaban J connectivity index is 2.54. The van der Waals surface area contributed by atoms with Crippen LogP contribution in [0.1, 0.15) is 0 Å². The molecule has 2 rings (SSSR count). The molecule has 1 aromatic carbocycles. The fourth-order valence-electron chi connectivity index (χ4n) is 1.08. The van der Waals surface area contributed by atoms with E-state index in [1.807, 2.05) is 18.4 Å². The smallest absolute Gasteiger partial charge is 0.231 e. The van der Waals surface area contributed by atoms with Crippen molar-refractivity contribution in [2.75, 3.05) is 13.0 Å². The van der Waals surface area contributed by atoms with E-state index in [-0.39, 0.29) is 6.79 Å². The van der Waals surface area contributed by atoms with Gasteiger partial charge in [-0.1, -0.05) is 11.6 Å². The molecule has 1 aromatic rings. The Morgan fingerprint density at radius 1 is 1.42 bits per heavy atom. The van der Waals surface area contributed by atoms with Crippen molar-refractivity contribution in [1.82, 2.24) is 0 Å². The highest BCUT2D eigenvalue weighted by Crippen LogP contribution is 2.43. The van der Waals surface area contributed by atoms with E-state index in [9.17, 15) is 0 Å². The summed E-state index contributed by atoms with van der Waals surface area (Å²) in [5.74, 6) is 1.40. The van der Waals surface area contributed by atoms with Crippen molar-refractivity contribution in [3.8, 4) is 11.5 Å². The lowest BCUT2D eigenvalue weighted by atomic mass is 10.3. The Morgan fingerprint density at radius 2 is 2.25 bits per heavy atom. The fraction of sp³-hybridized carbons (Fsp3) is 0.250. The molecule has 1 heterocycles. The molecule has 0 N–H and O–H groups in total. The molecule has 1 aliphatic heterocycles. The van der Waals surface area contributed by atoms with Crippen molar-refractivity contribution in [2.24, 2.45) is 0 Å². The second kappa shape index (κ2) is 3.07. The molecule has 0 aliphatic carbocycles. The molecule has 0 saturated heterocycles. The molecule has 0 unspecified atom stereocenters. The number of benzene rings is 1. The summed E-state index contributed by atoms with van der Waals surface area (Å²) < 4.78 is 10.4. The van der Waals surface area contributed by atoms with Crippen LogP contribution in [-0.4, -0.2) is 13.0 Å². The van der Waals surface area contributed by atoms with E-state index in [4.69, 9.17) is 21.1 Å². The van der Waals surface area contributed by atoms with Crippen LogP contribution >= 0.6 is 23.4 Å². The van der Waals surface area contributed by atoms with E-state index in [1.54, 1.807) is 11.8 Å². The summed E-state index contributed by atoms with van der Waals surface area (Å²) in [6, 6.07) is 3.81. The second-order valence-corrected chi connectivity index (χ2v) is 3.54. The van der Waals surface area contributed by atoms with Crippen molar-refractivity contribution in [3.63, 3.8) is 0 Å². The summed E-state index contributed by atoms with van der Waals surface area (Å²) in [6.07, 6.45) is 1.98. The molecule has 2 nitrogen and oxygen atoms in total. The largest absolute Gasteiger partial charge is 0.454 e. The van der Waals surface area contributed by atoms with Crippen LogP contribution in [0, 0.1) is 0 Å². The lowest BCUT2D eigenvalue weighted by Crippen LogP contribution is -1.93. The number of halogens is 1. The predicted octanol–water partition coefficient (Wildman–Crippen LogP) is 2.79. The highest BCUT2D eigenvalue weighted by atomic mass is 35.5. The Morgan fingerprint density at radius 3 is 3.00 bits per heavy atom. The maximum absolute atomic E-state index is 6.03. The Labute approximate surface area is 79.8 Å². The minimum Gasteiger partial charge on any atom is -0.454 e. The SMILES string of the molecule is CSc1ccc2c(c1Cl)OCO2. The molecule has 0 spiro atoms. The number of thioether (sulfide) groups is 1. The van der Waals surface area contributed by atoms with E-state index < -0.39 is 0 Å². The summed E-state index contributed by atoms with van der Waals surface area (Å²) in [5.41, 5.74) is 0. The van der Waals surface area contributed by atoms with Crippen molar-refractivity contribution in [1.29, 1.82) is 0 Å². The monoisotopic (exact) mass is 202 g/mol. The van der Waals surface area contributed by atoms with Gasteiger partial charge >= 0.3 is 0 Å². The molecular weight excluding hydrogens is 196 g/mol. The van der Waals surface area contributed by atoms with Crippen LogP contribution in [0.15, 0.2) is 17.0 Å². The molecule has 12 heavy (non-hydrogen) atoms. The van der Waals surface area contributed by atoms with E-state index in [2.05, 4.69) is 0 Å². The minimum atomic E-state index is 0.271.